The van der Waals surface area contributed by atoms with Gasteiger partial charge >= 0.3 is 7.32 Å². The molecule has 0 bridgehead atoms. The van der Waals surface area contributed by atoms with Gasteiger partial charge in [0.05, 0.1) is 0 Å². The second kappa shape index (κ2) is 8.46. The molecule has 4 nitrogen and oxygen atoms in total. The maximum atomic E-state index is 6.02. The standard InChI is InChI=1S/C16H18BCl2NO3/c1-11-9-13(3-5-15(11)18)22-17(21-8-7-20)23-14-4-6-16(19)12(2)10-14/h3-6,9-10H,7-8,20H2,1-2H3. The van der Waals surface area contributed by atoms with Crippen molar-refractivity contribution in [1.29, 1.82) is 0 Å². The first-order chi connectivity index (χ1) is 11.0. The fraction of sp³-hybridized carbons (Fsp3) is 0.250. The van der Waals surface area contributed by atoms with Crippen LogP contribution in [0.15, 0.2) is 36.4 Å². The van der Waals surface area contributed by atoms with Gasteiger partial charge in [-0.25, -0.2) is 0 Å². The summed E-state index contributed by atoms with van der Waals surface area (Å²) in [5.74, 6) is 1.19. The van der Waals surface area contributed by atoms with Crippen LogP contribution in [0.2, 0.25) is 10.0 Å². The third-order valence-corrected chi connectivity index (χ3v) is 3.94. The van der Waals surface area contributed by atoms with Gasteiger partial charge in [0.1, 0.15) is 11.5 Å². The summed E-state index contributed by atoms with van der Waals surface area (Å²) in [7, 11) is -0.917. The van der Waals surface area contributed by atoms with E-state index in [1.165, 1.54) is 0 Å². The summed E-state index contributed by atoms with van der Waals surface area (Å²) >= 11 is 12.0. The van der Waals surface area contributed by atoms with Crippen LogP contribution in [-0.4, -0.2) is 20.5 Å². The van der Waals surface area contributed by atoms with Gasteiger partial charge in [-0.1, -0.05) is 23.2 Å². The molecule has 0 radical (unpaired) electrons. The molecular weight excluding hydrogens is 336 g/mol. The summed E-state index contributed by atoms with van der Waals surface area (Å²) in [4.78, 5) is 0. The van der Waals surface area contributed by atoms with Crippen LogP contribution in [0.3, 0.4) is 0 Å². The lowest BCUT2D eigenvalue weighted by Crippen LogP contribution is -2.35. The average Bonchev–Trinajstić information content (AvgIpc) is 2.52. The molecule has 0 unspecified atom stereocenters. The second-order valence-corrected chi connectivity index (χ2v) is 5.82. The van der Waals surface area contributed by atoms with Crippen LogP contribution >= 0.6 is 23.2 Å². The molecule has 0 fully saturated rings. The molecule has 0 aliphatic heterocycles. The molecule has 2 rings (SSSR count). The molecule has 0 atom stereocenters. The van der Waals surface area contributed by atoms with Crippen molar-refractivity contribution in [2.75, 3.05) is 13.2 Å². The quantitative estimate of drug-likeness (QED) is 0.763. The van der Waals surface area contributed by atoms with Gasteiger partial charge in [0, 0.05) is 23.2 Å². The van der Waals surface area contributed by atoms with Crippen molar-refractivity contribution in [2.45, 2.75) is 13.8 Å². The molecule has 122 valence electrons. The number of benzene rings is 2. The Kier molecular flexibility index (Phi) is 6.60. The Morgan fingerprint density at radius 3 is 1.78 bits per heavy atom. The van der Waals surface area contributed by atoms with Gasteiger partial charge < -0.3 is 19.7 Å². The number of hydrogen-bond acceptors (Lipinski definition) is 4. The Hall–Kier alpha value is -1.40. The SMILES string of the molecule is Cc1cc(OB(OCCN)Oc2ccc(Cl)c(C)c2)ccc1Cl. The molecule has 0 aromatic heterocycles. The lowest BCUT2D eigenvalue weighted by atomic mass is 10.1. The molecule has 0 amide bonds. The van der Waals surface area contributed by atoms with Gasteiger partial charge in [-0.2, -0.15) is 0 Å². The van der Waals surface area contributed by atoms with E-state index >= 15 is 0 Å². The molecule has 0 heterocycles. The van der Waals surface area contributed by atoms with Crippen molar-refractivity contribution in [2.24, 2.45) is 5.73 Å². The molecule has 0 saturated carbocycles. The summed E-state index contributed by atoms with van der Waals surface area (Å²) in [6, 6.07) is 10.7. The molecule has 2 aromatic carbocycles. The Bertz CT molecular complexity index is 616. The third kappa shape index (κ3) is 5.32. The minimum atomic E-state index is -0.917. The van der Waals surface area contributed by atoms with Crippen molar-refractivity contribution in [1.82, 2.24) is 0 Å². The third-order valence-electron chi connectivity index (χ3n) is 3.10. The second-order valence-electron chi connectivity index (χ2n) is 5.01. The zero-order chi connectivity index (χ0) is 16.8. The first kappa shape index (κ1) is 18.0. The van der Waals surface area contributed by atoms with Gasteiger partial charge in [0.2, 0.25) is 0 Å². The van der Waals surface area contributed by atoms with Crippen LogP contribution in [0.5, 0.6) is 11.5 Å². The molecule has 2 N–H and O–H groups in total. The van der Waals surface area contributed by atoms with E-state index in [2.05, 4.69) is 0 Å². The van der Waals surface area contributed by atoms with E-state index in [1.54, 1.807) is 24.3 Å². The predicted molar refractivity (Wildman–Crippen MR) is 94.4 cm³/mol. The van der Waals surface area contributed by atoms with E-state index in [4.69, 9.17) is 42.9 Å². The normalized spacial score (nSPS) is 10.5. The van der Waals surface area contributed by atoms with Gasteiger partial charge in [-0.05, 0) is 61.4 Å². The lowest BCUT2D eigenvalue weighted by molar-refractivity contribution is 0.206. The Labute approximate surface area is 146 Å². The fourth-order valence-corrected chi connectivity index (χ4v) is 2.09. The van der Waals surface area contributed by atoms with Crippen LogP contribution < -0.4 is 15.0 Å². The molecular formula is C16H18BCl2NO3. The van der Waals surface area contributed by atoms with Gasteiger partial charge in [0.25, 0.3) is 0 Å². The van der Waals surface area contributed by atoms with Crippen LogP contribution in [0.4, 0.5) is 0 Å². The molecule has 0 spiro atoms. The maximum Gasteiger partial charge on any atom is 0.788 e. The minimum absolute atomic E-state index is 0.309. The molecule has 0 saturated heterocycles. The van der Waals surface area contributed by atoms with E-state index in [0.717, 1.165) is 11.1 Å². The van der Waals surface area contributed by atoms with E-state index in [1.807, 2.05) is 26.0 Å². The van der Waals surface area contributed by atoms with Gasteiger partial charge in [-0.15, -0.1) is 0 Å². The van der Waals surface area contributed by atoms with Gasteiger partial charge in [-0.3, -0.25) is 0 Å². The molecule has 23 heavy (non-hydrogen) atoms. The Morgan fingerprint density at radius 1 is 0.913 bits per heavy atom. The summed E-state index contributed by atoms with van der Waals surface area (Å²) < 4.78 is 17.0. The molecule has 0 aliphatic carbocycles. The number of hydrogen-bond donors (Lipinski definition) is 1. The minimum Gasteiger partial charge on any atom is -0.501 e. The van der Waals surface area contributed by atoms with Crippen LogP contribution in [0, 0.1) is 13.8 Å². The number of halogens is 2. The number of rotatable bonds is 7. The van der Waals surface area contributed by atoms with Crippen molar-refractivity contribution in [3.63, 3.8) is 0 Å². The van der Waals surface area contributed by atoms with E-state index in [0.29, 0.717) is 34.7 Å². The lowest BCUT2D eigenvalue weighted by Gasteiger charge is -2.16. The predicted octanol–water partition coefficient (Wildman–Crippen LogP) is 4.03. The monoisotopic (exact) mass is 353 g/mol. The van der Waals surface area contributed by atoms with Crippen LogP contribution in [0.1, 0.15) is 11.1 Å². The maximum absolute atomic E-state index is 6.02. The zero-order valence-electron chi connectivity index (χ0n) is 13.0. The summed E-state index contributed by atoms with van der Waals surface area (Å²) in [5.41, 5.74) is 7.29. The first-order valence-corrected chi connectivity index (χ1v) is 7.92. The highest BCUT2D eigenvalue weighted by atomic mass is 35.5. The summed E-state index contributed by atoms with van der Waals surface area (Å²) in [6.07, 6.45) is 0. The van der Waals surface area contributed by atoms with E-state index in [9.17, 15) is 0 Å². The average molecular weight is 354 g/mol. The van der Waals surface area contributed by atoms with Crippen molar-refractivity contribution in [3.05, 3.63) is 57.6 Å². The summed E-state index contributed by atoms with van der Waals surface area (Å²) in [5, 5.41) is 1.34. The van der Waals surface area contributed by atoms with E-state index in [-0.39, 0.29) is 0 Å². The highest BCUT2D eigenvalue weighted by Gasteiger charge is 2.27. The topological polar surface area (TPSA) is 53.7 Å². The Balaban J connectivity index is 2.12. The molecule has 7 heteroatoms. The van der Waals surface area contributed by atoms with Gasteiger partial charge in [0.15, 0.2) is 0 Å². The fourth-order valence-electron chi connectivity index (χ4n) is 1.86. The zero-order valence-corrected chi connectivity index (χ0v) is 14.5. The van der Waals surface area contributed by atoms with Crippen molar-refractivity contribution in [3.8, 4) is 11.5 Å². The van der Waals surface area contributed by atoms with E-state index < -0.39 is 7.32 Å². The highest BCUT2D eigenvalue weighted by molar-refractivity contribution is 6.38. The van der Waals surface area contributed by atoms with Crippen molar-refractivity contribution >= 4 is 30.5 Å². The number of aryl methyl sites for hydroxylation is 2. The molecule has 2 aromatic rings. The van der Waals surface area contributed by atoms with Crippen LogP contribution in [0.25, 0.3) is 0 Å². The number of nitrogens with two attached hydrogens (primary N) is 1. The molecule has 0 aliphatic rings. The van der Waals surface area contributed by atoms with Crippen molar-refractivity contribution < 1.29 is 14.0 Å². The Morgan fingerprint density at radius 2 is 1.39 bits per heavy atom. The smallest absolute Gasteiger partial charge is 0.501 e. The highest BCUT2D eigenvalue weighted by Crippen LogP contribution is 2.24. The largest absolute Gasteiger partial charge is 0.788 e. The first-order valence-electron chi connectivity index (χ1n) is 7.17. The summed E-state index contributed by atoms with van der Waals surface area (Å²) in [6.45, 7) is 4.47. The van der Waals surface area contributed by atoms with Crippen LogP contribution in [-0.2, 0) is 4.65 Å².